The van der Waals surface area contributed by atoms with E-state index in [1.807, 2.05) is 0 Å². The van der Waals surface area contributed by atoms with Gasteiger partial charge in [-0.1, -0.05) is 11.6 Å². The quantitative estimate of drug-likeness (QED) is 0.709. The first kappa shape index (κ1) is 9.03. The molecule has 1 fully saturated rings. The van der Waals surface area contributed by atoms with Crippen LogP contribution in [0.4, 0.5) is 5.69 Å². The van der Waals surface area contributed by atoms with Crippen molar-refractivity contribution in [2.24, 2.45) is 4.36 Å². The van der Waals surface area contributed by atoms with E-state index < -0.39 is 9.73 Å². The van der Waals surface area contributed by atoms with Gasteiger partial charge < -0.3 is 0 Å². The Bertz CT molecular complexity index is 408. The van der Waals surface area contributed by atoms with Crippen LogP contribution >= 0.6 is 11.6 Å². The third-order valence-corrected chi connectivity index (χ3v) is 4.67. The Morgan fingerprint density at radius 3 is 2.31 bits per heavy atom. The first-order chi connectivity index (χ1) is 6.18. The largest absolute Gasteiger partial charge is 0.249 e. The van der Waals surface area contributed by atoms with Crippen LogP contribution in [0.2, 0.25) is 5.02 Å². The van der Waals surface area contributed by atoms with Gasteiger partial charge in [-0.25, -0.2) is 4.21 Å². The molecule has 0 atom stereocenters. The molecule has 0 amide bonds. The van der Waals surface area contributed by atoms with Crippen molar-refractivity contribution in [2.75, 3.05) is 11.5 Å². The first-order valence-electron chi connectivity index (χ1n) is 4.16. The molecule has 0 aromatic heterocycles. The Labute approximate surface area is 83.1 Å². The summed E-state index contributed by atoms with van der Waals surface area (Å²) in [6.07, 6.45) is 1.04. The second kappa shape index (κ2) is 3.31. The highest BCUT2D eigenvalue weighted by molar-refractivity contribution is 7.95. The predicted octanol–water partition coefficient (Wildman–Crippen LogP) is 2.84. The maximum atomic E-state index is 11.7. The average molecular weight is 216 g/mol. The van der Waals surface area contributed by atoms with E-state index in [0.717, 1.165) is 23.6 Å². The average Bonchev–Trinajstić information content (AvgIpc) is 2.06. The fourth-order valence-corrected chi connectivity index (χ4v) is 2.77. The number of nitrogens with zero attached hydrogens (tertiary/aromatic N) is 1. The van der Waals surface area contributed by atoms with Gasteiger partial charge >= 0.3 is 0 Å². The van der Waals surface area contributed by atoms with Gasteiger partial charge in [0, 0.05) is 16.5 Å². The Morgan fingerprint density at radius 2 is 1.85 bits per heavy atom. The predicted molar refractivity (Wildman–Crippen MR) is 56.0 cm³/mol. The summed E-state index contributed by atoms with van der Waals surface area (Å²) in [4.78, 5) is 0. The highest BCUT2D eigenvalue weighted by Gasteiger charge is 2.18. The lowest BCUT2D eigenvalue weighted by Crippen LogP contribution is -2.22. The molecule has 1 aliphatic heterocycles. The second-order valence-electron chi connectivity index (χ2n) is 3.10. The van der Waals surface area contributed by atoms with Crippen LogP contribution in [-0.4, -0.2) is 15.7 Å². The third kappa shape index (κ3) is 2.03. The third-order valence-electron chi connectivity index (χ3n) is 2.02. The molecule has 0 radical (unpaired) electrons. The SMILES string of the molecule is O=S1(=Nc2ccc(Cl)cc2)CCC1. The van der Waals surface area contributed by atoms with Crippen molar-refractivity contribution in [3.8, 4) is 0 Å². The number of rotatable bonds is 1. The second-order valence-corrected chi connectivity index (χ2v) is 6.08. The Balaban J connectivity index is 2.32. The minimum absolute atomic E-state index is 0.683. The summed E-state index contributed by atoms with van der Waals surface area (Å²) in [5.41, 5.74) is 0.772. The lowest BCUT2D eigenvalue weighted by Gasteiger charge is -2.17. The molecule has 2 nitrogen and oxygen atoms in total. The molecule has 1 aliphatic rings. The lowest BCUT2D eigenvalue weighted by atomic mass is 10.3. The van der Waals surface area contributed by atoms with Crippen molar-refractivity contribution in [3.63, 3.8) is 0 Å². The summed E-state index contributed by atoms with van der Waals surface area (Å²) in [5, 5.41) is 0.683. The van der Waals surface area contributed by atoms with Crippen LogP contribution in [0, 0.1) is 0 Å². The number of benzene rings is 1. The fraction of sp³-hybridized carbons (Fsp3) is 0.333. The molecule has 13 heavy (non-hydrogen) atoms. The monoisotopic (exact) mass is 215 g/mol. The number of halogens is 1. The van der Waals surface area contributed by atoms with Crippen LogP contribution < -0.4 is 0 Å². The smallest absolute Gasteiger partial charge is 0.0731 e. The van der Waals surface area contributed by atoms with Crippen molar-refractivity contribution < 1.29 is 4.21 Å². The molecule has 0 bridgehead atoms. The van der Waals surface area contributed by atoms with Gasteiger partial charge in [0.1, 0.15) is 0 Å². The van der Waals surface area contributed by atoms with Gasteiger partial charge in [-0.2, -0.15) is 4.36 Å². The maximum absolute atomic E-state index is 11.7. The van der Waals surface area contributed by atoms with Crippen molar-refractivity contribution >= 4 is 27.0 Å². The molecule has 0 spiro atoms. The topological polar surface area (TPSA) is 29.4 Å². The highest BCUT2D eigenvalue weighted by atomic mass is 35.5. The van der Waals surface area contributed by atoms with Crippen LogP contribution in [0.5, 0.6) is 0 Å². The maximum Gasteiger partial charge on any atom is 0.0731 e. The summed E-state index contributed by atoms with van der Waals surface area (Å²) >= 11 is 5.72. The first-order valence-corrected chi connectivity index (χ1v) is 6.39. The van der Waals surface area contributed by atoms with E-state index in [1.54, 1.807) is 24.3 Å². The summed E-state index contributed by atoms with van der Waals surface area (Å²) in [7, 11) is -1.87. The van der Waals surface area contributed by atoms with Crippen LogP contribution in [0.25, 0.3) is 0 Å². The lowest BCUT2D eigenvalue weighted by molar-refractivity contribution is 0.663. The molecule has 1 aromatic rings. The molecule has 0 aliphatic carbocycles. The van der Waals surface area contributed by atoms with Crippen LogP contribution in [0.1, 0.15) is 6.42 Å². The minimum Gasteiger partial charge on any atom is -0.249 e. The van der Waals surface area contributed by atoms with Gasteiger partial charge in [-0.05, 0) is 30.7 Å². The van der Waals surface area contributed by atoms with E-state index in [-0.39, 0.29) is 0 Å². The van der Waals surface area contributed by atoms with E-state index in [1.165, 1.54) is 0 Å². The zero-order valence-corrected chi connectivity index (χ0v) is 8.64. The van der Waals surface area contributed by atoms with Gasteiger partial charge in [-0.15, -0.1) is 0 Å². The molecule has 0 saturated carbocycles. The van der Waals surface area contributed by atoms with Crippen LogP contribution in [0.3, 0.4) is 0 Å². The molecule has 2 rings (SSSR count). The van der Waals surface area contributed by atoms with Crippen molar-refractivity contribution in [1.29, 1.82) is 0 Å². The van der Waals surface area contributed by atoms with Crippen molar-refractivity contribution in [1.82, 2.24) is 0 Å². The Hall–Kier alpha value is -0.540. The summed E-state index contributed by atoms with van der Waals surface area (Å²) < 4.78 is 15.9. The molecule has 0 N–H and O–H groups in total. The standard InChI is InChI=1S/C9H10ClNOS/c10-8-2-4-9(5-3-8)11-13(12)6-1-7-13/h2-5H,1,6-7H2. The van der Waals surface area contributed by atoms with Gasteiger partial charge in [0.15, 0.2) is 0 Å². The Morgan fingerprint density at radius 1 is 1.23 bits per heavy atom. The Kier molecular flexibility index (Phi) is 2.30. The van der Waals surface area contributed by atoms with E-state index in [0.29, 0.717) is 5.02 Å². The molecule has 70 valence electrons. The van der Waals surface area contributed by atoms with Crippen molar-refractivity contribution in [3.05, 3.63) is 29.3 Å². The van der Waals surface area contributed by atoms with E-state index in [4.69, 9.17) is 11.6 Å². The van der Waals surface area contributed by atoms with Gasteiger partial charge in [-0.3, -0.25) is 0 Å². The summed E-state index contributed by atoms with van der Waals surface area (Å²) in [5.74, 6) is 1.49. The minimum atomic E-state index is -1.87. The van der Waals surface area contributed by atoms with E-state index >= 15 is 0 Å². The highest BCUT2D eigenvalue weighted by Crippen LogP contribution is 2.22. The number of hydrogen-bond donors (Lipinski definition) is 0. The normalized spacial score (nSPS) is 19.2. The van der Waals surface area contributed by atoms with E-state index in [9.17, 15) is 4.21 Å². The fourth-order valence-electron chi connectivity index (χ4n) is 1.18. The molecule has 4 heteroatoms. The zero-order valence-electron chi connectivity index (χ0n) is 7.07. The molecule has 1 aromatic carbocycles. The van der Waals surface area contributed by atoms with Crippen LogP contribution in [0.15, 0.2) is 28.6 Å². The molecule has 0 unspecified atom stereocenters. The van der Waals surface area contributed by atoms with Gasteiger partial charge in [0.25, 0.3) is 0 Å². The molecular weight excluding hydrogens is 206 g/mol. The summed E-state index contributed by atoms with van der Waals surface area (Å²) in [6.45, 7) is 0. The zero-order chi connectivity index (χ0) is 9.31. The van der Waals surface area contributed by atoms with Gasteiger partial charge in [0.2, 0.25) is 0 Å². The number of hydrogen-bond acceptors (Lipinski definition) is 2. The van der Waals surface area contributed by atoms with E-state index in [2.05, 4.69) is 4.36 Å². The van der Waals surface area contributed by atoms with Crippen LogP contribution in [-0.2, 0) is 9.73 Å². The molecule has 1 saturated heterocycles. The molecular formula is C9H10ClNOS. The molecule has 1 heterocycles. The van der Waals surface area contributed by atoms with Crippen molar-refractivity contribution in [2.45, 2.75) is 6.42 Å². The summed E-state index contributed by atoms with van der Waals surface area (Å²) in [6, 6.07) is 7.13. The van der Waals surface area contributed by atoms with Gasteiger partial charge in [0.05, 0.1) is 15.4 Å².